The molecule has 0 saturated heterocycles. The lowest BCUT2D eigenvalue weighted by molar-refractivity contribution is -0.611. The third-order valence-electron chi connectivity index (χ3n) is 2.92. The monoisotopic (exact) mass is 226 g/mol. The van der Waals surface area contributed by atoms with Crippen LogP contribution in [0.1, 0.15) is 43.6 Å². The van der Waals surface area contributed by atoms with Crippen LogP contribution in [0.4, 0.5) is 0 Å². The molecule has 1 rings (SSSR count). The molecule has 5 heteroatoms. The van der Waals surface area contributed by atoms with Gasteiger partial charge in [0.15, 0.2) is 6.04 Å². The summed E-state index contributed by atoms with van der Waals surface area (Å²) in [4.78, 5) is 11.1. The molecular formula is C11H18N2O3. The summed E-state index contributed by atoms with van der Waals surface area (Å²) in [6.07, 6.45) is 3.66. The fourth-order valence-electron chi connectivity index (χ4n) is 1.73. The molecule has 1 unspecified atom stereocenters. The van der Waals surface area contributed by atoms with Gasteiger partial charge in [-0.2, -0.15) is 0 Å². The van der Waals surface area contributed by atoms with Gasteiger partial charge in [0.2, 0.25) is 6.33 Å². The molecular weight excluding hydrogens is 208 g/mol. The number of imidazole rings is 1. The Kier molecular flexibility index (Phi) is 3.93. The summed E-state index contributed by atoms with van der Waals surface area (Å²) >= 11 is 0. The highest BCUT2D eigenvalue weighted by molar-refractivity contribution is 5.71. The average molecular weight is 226 g/mol. The van der Waals surface area contributed by atoms with Gasteiger partial charge < -0.3 is 10.3 Å². The highest BCUT2D eigenvalue weighted by atomic mass is 16.5. The molecule has 1 N–H and O–H groups in total. The highest BCUT2D eigenvalue weighted by Crippen LogP contribution is 2.18. The first kappa shape index (κ1) is 12.5. The van der Waals surface area contributed by atoms with Crippen molar-refractivity contribution >= 4 is 5.97 Å². The number of aromatic nitrogens is 2. The molecule has 0 radical (unpaired) electrons. The van der Waals surface area contributed by atoms with Gasteiger partial charge in [-0.3, -0.25) is 0 Å². The standard InChI is InChI=1S/C11H18N2O3/c1-4-5-6-10(11(14)15)12-7-13(16)9(3)8(12)2/h7,10H,4-6H2,1-3H3,(H,14,15). The van der Waals surface area contributed by atoms with Crippen LogP contribution in [0.15, 0.2) is 6.33 Å². The second kappa shape index (κ2) is 5.01. The van der Waals surface area contributed by atoms with Crippen molar-refractivity contribution in [1.82, 2.24) is 4.57 Å². The summed E-state index contributed by atoms with van der Waals surface area (Å²) < 4.78 is 2.28. The van der Waals surface area contributed by atoms with E-state index in [1.807, 2.05) is 6.92 Å². The fraction of sp³-hybridized carbons (Fsp3) is 0.636. The average Bonchev–Trinajstić information content (AvgIpc) is 2.47. The van der Waals surface area contributed by atoms with Crippen molar-refractivity contribution in [2.45, 2.75) is 46.1 Å². The van der Waals surface area contributed by atoms with E-state index >= 15 is 0 Å². The molecule has 0 spiro atoms. The van der Waals surface area contributed by atoms with Crippen molar-refractivity contribution < 1.29 is 14.6 Å². The maximum atomic E-state index is 11.4. The van der Waals surface area contributed by atoms with Gasteiger partial charge in [-0.1, -0.05) is 13.3 Å². The van der Waals surface area contributed by atoms with E-state index < -0.39 is 12.0 Å². The Morgan fingerprint density at radius 2 is 2.25 bits per heavy atom. The molecule has 0 aromatic carbocycles. The fourth-order valence-corrected chi connectivity index (χ4v) is 1.73. The molecule has 1 aromatic rings. The lowest BCUT2D eigenvalue weighted by Crippen LogP contribution is -2.27. The molecule has 0 aliphatic rings. The lowest BCUT2D eigenvalue weighted by atomic mass is 10.1. The van der Waals surface area contributed by atoms with Gasteiger partial charge in [-0.05, 0) is 12.8 Å². The van der Waals surface area contributed by atoms with E-state index in [9.17, 15) is 10.0 Å². The maximum Gasteiger partial charge on any atom is 0.349 e. The highest BCUT2D eigenvalue weighted by Gasteiger charge is 2.27. The molecule has 0 fully saturated rings. The first-order valence-electron chi connectivity index (χ1n) is 5.49. The number of nitrogens with zero attached hydrogens (tertiary/aromatic N) is 2. The smallest absolute Gasteiger partial charge is 0.349 e. The van der Waals surface area contributed by atoms with Crippen LogP contribution in [-0.2, 0) is 4.79 Å². The van der Waals surface area contributed by atoms with Crippen LogP contribution in [0.5, 0.6) is 0 Å². The van der Waals surface area contributed by atoms with Crippen LogP contribution in [0.3, 0.4) is 0 Å². The summed E-state index contributed by atoms with van der Waals surface area (Å²) in [6.45, 7) is 5.48. The second-order valence-electron chi connectivity index (χ2n) is 4.02. The zero-order valence-corrected chi connectivity index (χ0v) is 9.93. The third-order valence-corrected chi connectivity index (χ3v) is 2.92. The number of carboxylic acids is 1. The van der Waals surface area contributed by atoms with Gasteiger partial charge >= 0.3 is 5.97 Å². The molecule has 0 saturated carbocycles. The Balaban J connectivity index is 3.01. The molecule has 16 heavy (non-hydrogen) atoms. The molecule has 0 amide bonds. The van der Waals surface area contributed by atoms with Gasteiger partial charge in [0, 0.05) is 13.8 Å². The summed E-state index contributed by atoms with van der Waals surface area (Å²) in [5.74, 6) is -0.882. The number of carboxylic acid groups (broad SMARTS) is 1. The number of rotatable bonds is 5. The SMILES string of the molecule is CCCCC(C(=O)O)n1c[n+]([O-])c(C)c1C. The molecule has 0 aliphatic heterocycles. The Morgan fingerprint density at radius 1 is 1.62 bits per heavy atom. The number of carbonyl (C=O) groups is 1. The van der Waals surface area contributed by atoms with E-state index in [1.54, 1.807) is 18.4 Å². The largest absolute Gasteiger partial charge is 0.711 e. The maximum absolute atomic E-state index is 11.4. The first-order chi connectivity index (χ1) is 7.49. The van der Waals surface area contributed by atoms with E-state index in [-0.39, 0.29) is 0 Å². The molecule has 90 valence electrons. The van der Waals surface area contributed by atoms with Crippen molar-refractivity contribution in [3.8, 4) is 0 Å². The Labute approximate surface area is 94.9 Å². The van der Waals surface area contributed by atoms with Crippen LogP contribution < -0.4 is 4.73 Å². The summed E-state index contributed by atoms with van der Waals surface area (Å²) in [7, 11) is 0. The molecule has 0 aliphatic carbocycles. The zero-order valence-electron chi connectivity index (χ0n) is 9.93. The van der Waals surface area contributed by atoms with Crippen LogP contribution in [-0.4, -0.2) is 15.6 Å². The molecule has 5 nitrogen and oxygen atoms in total. The molecule has 0 bridgehead atoms. The van der Waals surface area contributed by atoms with E-state index in [0.29, 0.717) is 12.1 Å². The van der Waals surface area contributed by atoms with Crippen LogP contribution >= 0.6 is 0 Å². The van der Waals surface area contributed by atoms with Gasteiger partial charge in [-0.15, -0.1) is 0 Å². The number of unbranched alkanes of at least 4 members (excludes halogenated alkanes) is 1. The molecule has 1 atom stereocenters. The van der Waals surface area contributed by atoms with Gasteiger partial charge in [0.25, 0.3) is 0 Å². The van der Waals surface area contributed by atoms with Crippen molar-refractivity contribution in [3.05, 3.63) is 22.9 Å². The van der Waals surface area contributed by atoms with Crippen molar-refractivity contribution in [3.63, 3.8) is 0 Å². The van der Waals surface area contributed by atoms with E-state index in [2.05, 4.69) is 0 Å². The van der Waals surface area contributed by atoms with Gasteiger partial charge in [0.1, 0.15) is 11.4 Å². The predicted octanol–water partition coefficient (Wildman–Crippen LogP) is 1.55. The predicted molar refractivity (Wildman–Crippen MR) is 59.1 cm³/mol. The number of aliphatic carboxylic acids is 1. The van der Waals surface area contributed by atoms with E-state index in [4.69, 9.17) is 5.11 Å². The zero-order chi connectivity index (χ0) is 12.3. The van der Waals surface area contributed by atoms with Crippen molar-refractivity contribution in [2.75, 3.05) is 0 Å². The normalized spacial score (nSPS) is 12.7. The first-order valence-corrected chi connectivity index (χ1v) is 5.49. The molecule has 1 aromatic heterocycles. The van der Waals surface area contributed by atoms with E-state index in [0.717, 1.165) is 23.3 Å². The Hall–Kier alpha value is -1.52. The Bertz CT molecular complexity index is 385. The number of hydrogen-bond donors (Lipinski definition) is 1. The van der Waals surface area contributed by atoms with E-state index in [1.165, 1.54) is 6.33 Å². The molecule has 1 heterocycles. The topological polar surface area (TPSA) is 69.2 Å². The minimum atomic E-state index is -0.882. The second-order valence-corrected chi connectivity index (χ2v) is 4.02. The van der Waals surface area contributed by atoms with Crippen LogP contribution in [0, 0.1) is 19.1 Å². The van der Waals surface area contributed by atoms with Crippen LogP contribution in [0.25, 0.3) is 0 Å². The Morgan fingerprint density at radius 3 is 2.62 bits per heavy atom. The summed E-state index contributed by atoms with van der Waals surface area (Å²) in [6, 6.07) is -0.631. The minimum Gasteiger partial charge on any atom is -0.711 e. The van der Waals surface area contributed by atoms with Crippen LogP contribution in [0.2, 0.25) is 0 Å². The quantitative estimate of drug-likeness (QED) is 0.611. The summed E-state index contributed by atoms with van der Waals surface area (Å²) in [5.41, 5.74) is 1.28. The minimum absolute atomic E-state index is 0.556. The van der Waals surface area contributed by atoms with Gasteiger partial charge in [-0.25, -0.2) is 14.1 Å². The lowest BCUT2D eigenvalue weighted by Gasteiger charge is -2.09. The summed E-state index contributed by atoms with van der Waals surface area (Å²) in [5, 5.41) is 20.5. The van der Waals surface area contributed by atoms with Gasteiger partial charge in [0.05, 0.1) is 0 Å². The van der Waals surface area contributed by atoms with Crippen molar-refractivity contribution in [1.29, 1.82) is 0 Å². The third kappa shape index (κ3) is 2.35. The number of hydrogen-bond acceptors (Lipinski definition) is 2. The van der Waals surface area contributed by atoms with Crippen molar-refractivity contribution in [2.24, 2.45) is 0 Å².